The summed E-state index contributed by atoms with van der Waals surface area (Å²) in [6, 6.07) is 0. The minimum absolute atomic E-state index is 0.0547. The summed E-state index contributed by atoms with van der Waals surface area (Å²) in [5.41, 5.74) is 8.15. The second-order valence-corrected chi connectivity index (χ2v) is 16.3. The van der Waals surface area contributed by atoms with Crippen molar-refractivity contribution < 1.29 is 23.2 Å². The van der Waals surface area contributed by atoms with Gasteiger partial charge in [0.25, 0.3) is 0 Å². The maximum absolute atomic E-state index is 3.64. The van der Waals surface area contributed by atoms with E-state index in [0.29, 0.717) is 0 Å². The topological polar surface area (TPSA) is 0 Å². The van der Waals surface area contributed by atoms with Gasteiger partial charge in [-0.25, -0.2) is 0 Å². The Morgan fingerprint density at radius 3 is 2.20 bits per heavy atom. The maximum atomic E-state index is 3.64. The Hall–Kier alpha value is -0.460. The fourth-order valence-electron chi connectivity index (χ4n) is 5.87. The van der Waals surface area contributed by atoms with E-state index in [1.54, 1.807) is 11.1 Å². The average molecular weight is 498 g/mol. The van der Waals surface area contributed by atoms with Crippen molar-refractivity contribution >= 4 is 8.80 Å². The van der Waals surface area contributed by atoms with Crippen molar-refractivity contribution in [2.45, 2.75) is 84.7 Å². The van der Waals surface area contributed by atoms with Crippen LogP contribution >= 0.6 is 0 Å². The molecule has 0 radical (unpaired) electrons. The van der Waals surface area contributed by atoms with Crippen LogP contribution in [0, 0.1) is 11.8 Å². The van der Waals surface area contributed by atoms with Gasteiger partial charge in [-0.2, -0.15) is 0 Å². The van der Waals surface area contributed by atoms with E-state index in [1.807, 2.05) is 23.3 Å². The second-order valence-electron chi connectivity index (χ2n) is 9.74. The van der Waals surface area contributed by atoms with E-state index in [1.165, 1.54) is 66.0 Å². The number of rotatable bonds is 6. The zero-order valence-electron chi connectivity index (χ0n) is 19.5. The van der Waals surface area contributed by atoms with Crippen LogP contribution in [0.3, 0.4) is 0 Å². The van der Waals surface area contributed by atoms with E-state index in [4.69, 9.17) is 0 Å². The predicted molar refractivity (Wildman–Crippen MR) is 134 cm³/mol. The molecule has 2 heteroatoms. The molecule has 4 aliphatic rings. The summed E-state index contributed by atoms with van der Waals surface area (Å²) in [5, 5.41) is 0. The van der Waals surface area contributed by atoms with E-state index >= 15 is 0 Å². The van der Waals surface area contributed by atoms with Crippen molar-refractivity contribution in [1.82, 2.24) is 0 Å². The number of hydrogen-bond donors (Lipinski definition) is 0. The summed E-state index contributed by atoms with van der Waals surface area (Å²) in [4.78, 5) is 0. The second kappa shape index (κ2) is 12.5. The SMILES string of the molecule is C=C[CH2][Zr][CH2]C=C.C[SiH](C)C1CCC[C@H]2CC=CC2=C1C1=C2C=CC[C@@H]2CCCC1. The standard InChI is InChI=1S/C22H32Si.2C3H5.Zr/c1-23(2)21-15-7-11-17-10-6-14-19(17)22(21)20-12-4-3-8-16-9-5-13-18(16)20;2*1-3-2;/h5-6,13-14,16-17,21,23H,3-4,7-12,15H2,1-2H3;2*3H,1-2H2;/t16-,17+,21?;;;/m0.../s1. The minimum atomic E-state index is -0.665. The van der Waals surface area contributed by atoms with Gasteiger partial charge in [-0.1, -0.05) is 50.2 Å². The third-order valence-electron chi connectivity index (χ3n) is 7.35. The summed E-state index contributed by atoms with van der Waals surface area (Å²) >= 11 is -0.0547. The van der Waals surface area contributed by atoms with Gasteiger partial charge in [-0.05, 0) is 84.6 Å². The molecule has 0 aromatic heterocycles. The van der Waals surface area contributed by atoms with Crippen LogP contribution in [0.5, 0.6) is 0 Å². The predicted octanol–water partition coefficient (Wildman–Crippen LogP) is 8.62. The molecule has 1 unspecified atom stereocenters. The van der Waals surface area contributed by atoms with Crippen molar-refractivity contribution in [3.8, 4) is 0 Å². The summed E-state index contributed by atoms with van der Waals surface area (Å²) in [6.07, 6.45) is 26.6. The summed E-state index contributed by atoms with van der Waals surface area (Å²) in [6.45, 7) is 12.5. The molecular weight excluding hydrogens is 456 g/mol. The molecule has 0 heterocycles. The van der Waals surface area contributed by atoms with Crippen LogP contribution in [0.25, 0.3) is 0 Å². The molecule has 4 aliphatic carbocycles. The van der Waals surface area contributed by atoms with Gasteiger partial charge < -0.3 is 0 Å². The van der Waals surface area contributed by atoms with E-state index in [2.05, 4.69) is 50.6 Å². The summed E-state index contributed by atoms with van der Waals surface area (Å²) < 4.78 is 2.57. The molecule has 0 aliphatic heterocycles. The molecule has 0 spiro atoms. The van der Waals surface area contributed by atoms with Gasteiger partial charge in [0.15, 0.2) is 0 Å². The molecular formula is C28H42SiZr. The third kappa shape index (κ3) is 6.07. The fourth-order valence-corrected chi connectivity index (χ4v) is 9.25. The molecule has 0 nitrogen and oxygen atoms in total. The smallest absolute Gasteiger partial charge is 0.0388 e. The van der Waals surface area contributed by atoms with Crippen LogP contribution in [0.15, 0.2) is 71.9 Å². The zero-order valence-corrected chi connectivity index (χ0v) is 23.1. The first kappa shape index (κ1) is 24.2. The molecule has 0 saturated carbocycles. The molecule has 0 bridgehead atoms. The quantitative estimate of drug-likeness (QED) is 0.196. The average Bonchev–Trinajstić information content (AvgIpc) is 3.30. The van der Waals surface area contributed by atoms with E-state index in [-0.39, 0.29) is 23.2 Å². The van der Waals surface area contributed by atoms with Crippen molar-refractivity contribution in [1.29, 1.82) is 0 Å². The molecule has 0 fully saturated rings. The molecule has 4 rings (SSSR count). The summed E-state index contributed by atoms with van der Waals surface area (Å²) in [5.74, 6) is 1.70. The Balaban J connectivity index is 0.000000318. The Morgan fingerprint density at radius 1 is 0.900 bits per heavy atom. The van der Waals surface area contributed by atoms with E-state index in [0.717, 1.165) is 17.4 Å². The van der Waals surface area contributed by atoms with Crippen LogP contribution in [0.2, 0.25) is 26.9 Å². The molecule has 0 amide bonds. The van der Waals surface area contributed by atoms with Crippen molar-refractivity contribution in [3.05, 3.63) is 71.9 Å². The minimum Gasteiger partial charge on any atom is -0.0836 e. The van der Waals surface area contributed by atoms with Gasteiger partial charge in [0.05, 0.1) is 0 Å². The Morgan fingerprint density at radius 2 is 1.53 bits per heavy atom. The van der Waals surface area contributed by atoms with Gasteiger partial charge in [0.1, 0.15) is 0 Å². The first-order valence-corrected chi connectivity index (χ1v) is 18.9. The van der Waals surface area contributed by atoms with Crippen LogP contribution in [0.4, 0.5) is 0 Å². The van der Waals surface area contributed by atoms with Gasteiger partial charge in [0.2, 0.25) is 0 Å². The zero-order chi connectivity index (χ0) is 21.3. The van der Waals surface area contributed by atoms with Gasteiger partial charge >= 0.3 is 56.8 Å². The normalized spacial score (nSPS) is 27.8. The molecule has 3 atom stereocenters. The Bertz CT molecular complexity index is 713. The van der Waals surface area contributed by atoms with E-state index < -0.39 is 8.80 Å². The van der Waals surface area contributed by atoms with E-state index in [9.17, 15) is 0 Å². The molecule has 162 valence electrons. The third-order valence-corrected chi connectivity index (χ3v) is 12.5. The number of allylic oxidation sites excluding steroid dienone is 10. The Labute approximate surface area is 199 Å². The molecule has 0 saturated heterocycles. The van der Waals surface area contributed by atoms with Crippen molar-refractivity contribution in [3.63, 3.8) is 0 Å². The van der Waals surface area contributed by atoms with Crippen molar-refractivity contribution in [2.75, 3.05) is 0 Å². The first-order valence-electron chi connectivity index (χ1n) is 12.4. The molecule has 0 N–H and O–H groups in total. The first-order chi connectivity index (χ1) is 14.7. The number of hydrogen-bond acceptors (Lipinski definition) is 0. The van der Waals surface area contributed by atoms with Crippen molar-refractivity contribution in [2.24, 2.45) is 11.8 Å². The van der Waals surface area contributed by atoms with Gasteiger partial charge in [-0.15, -0.1) is 0 Å². The van der Waals surface area contributed by atoms with Crippen LogP contribution in [0.1, 0.15) is 57.8 Å². The largest absolute Gasteiger partial charge is 0.0836 e. The molecule has 30 heavy (non-hydrogen) atoms. The maximum Gasteiger partial charge on any atom is 0.0388 e. The Kier molecular flexibility index (Phi) is 10.1. The molecule has 0 aromatic carbocycles. The van der Waals surface area contributed by atoms with Crippen LogP contribution in [-0.2, 0) is 23.2 Å². The van der Waals surface area contributed by atoms with Gasteiger partial charge in [-0.3, -0.25) is 0 Å². The number of fused-ring (bicyclic) bond motifs is 2. The monoisotopic (exact) mass is 496 g/mol. The summed E-state index contributed by atoms with van der Waals surface area (Å²) in [7, 11) is -0.665. The van der Waals surface area contributed by atoms with Gasteiger partial charge in [0, 0.05) is 8.80 Å². The van der Waals surface area contributed by atoms with Crippen LogP contribution < -0.4 is 0 Å². The van der Waals surface area contributed by atoms with Crippen LogP contribution in [-0.4, -0.2) is 8.80 Å². The molecule has 0 aromatic rings. The fraction of sp³-hybridized carbons (Fsp3) is 0.571.